The SMILES string of the molecule is COCc1cc(C(=O)Nc2cccnc2Cl)no1. The second-order valence-electron chi connectivity index (χ2n) is 3.41. The van der Waals surface area contributed by atoms with Crippen molar-refractivity contribution in [3.8, 4) is 0 Å². The molecule has 18 heavy (non-hydrogen) atoms. The summed E-state index contributed by atoms with van der Waals surface area (Å²) in [5.74, 6) is 0.0518. The second kappa shape index (κ2) is 5.61. The highest BCUT2D eigenvalue weighted by Gasteiger charge is 2.14. The third kappa shape index (κ3) is 2.85. The first-order chi connectivity index (χ1) is 8.70. The van der Waals surface area contributed by atoms with Crippen molar-refractivity contribution in [3.63, 3.8) is 0 Å². The maximum absolute atomic E-state index is 11.8. The normalized spacial score (nSPS) is 10.3. The summed E-state index contributed by atoms with van der Waals surface area (Å²) in [7, 11) is 1.53. The highest BCUT2D eigenvalue weighted by molar-refractivity contribution is 6.32. The summed E-state index contributed by atoms with van der Waals surface area (Å²) in [6.45, 7) is 0.258. The molecule has 0 bridgehead atoms. The molecule has 0 aromatic carbocycles. The van der Waals surface area contributed by atoms with Crippen molar-refractivity contribution in [3.05, 3.63) is 41.0 Å². The van der Waals surface area contributed by atoms with Crippen molar-refractivity contribution in [2.24, 2.45) is 0 Å². The number of ether oxygens (including phenoxy) is 1. The predicted molar refractivity (Wildman–Crippen MR) is 64.4 cm³/mol. The van der Waals surface area contributed by atoms with Crippen LogP contribution in [-0.2, 0) is 11.3 Å². The molecule has 94 valence electrons. The van der Waals surface area contributed by atoms with E-state index in [1.54, 1.807) is 12.1 Å². The van der Waals surface area contributed by atoms with E-state index in [4.69, 9.17) is 20.9 Å². The summed E-state index contributed by atoms with van der Waals surface area (Å²) in [5.41, 5.74) is 0.572. The monoisotopic (exact) mass is 267 g/mol. The molecule has 0 atom stereocenters. The second-order valence-corrected chi connectivity index (χ2v) is 3.77. The van der Waals surface area contributed by atoms with E-state index in [9.17, 15) is 4.79 Å². The van der Waals surface area contributed by atoms with E-state index < -0.39 is 5.91 Å². The summed E-state index contributed by atoms with van der Waals surface area (Å²) in [5, 5.41) is 6.43. The summed E-state index contributed by atoms with van der Waals surface area (Å²) >= 11 is 5.82. The van der Waals surface area contributed by atoms with Crippen molar-refractivity contribution in [2.45, 2.75) is 6.61 Å². The average Bonchev–Trinajstić information content (AvgIpc) is 2.81. The number of nitrogens with one attached hydrogen (secondary N) is 1. The molecule has 6 nitrogen and oxygen atoms in total. The summed E-state index contributed by atoms with van der Waals surface area (Å²) in [6.07, 6.45) is 1.53. The number of methoxy groups -OCH3 is 1. The lowest BCUT2D eigenvalue weighted by molar-refractivity contribution is 0.101. The number of amides is 1. The topological polar surface area (TPSA) is 77.2 Å². The number of pyridine rings is 1. The quantitative estimate of drug-likeness (QED) is 0.859. The van der Waals surface area contributed by atoms with Gasteiger partial charge in [0, 0.05) is 19.4 Å². The predicted octanol–water partition coefficient (Wildman–Crippen LogP) is 2.12. The van der Waals surface area contributed by atoms with Crippen LogP contribution in [0.4, 0.5) is 5.69 Å². The molecule has 0 aliphatic carbocycles. The minimum Gasteiger partial charge on any atom is -0.377 e. The molecule has 1 amide bonds. The van der Waals surface area contributed by atoms with Crippen LogP contribution in [-0.4, -0.2) is 23.2 Å². The molecule has 0 saturated heterocycles. The highest BCUT2D eigenvalue weighted by atomic mass is 35.5. The Morgan fingerprint density at radius 1 is 1.61 bits per heavy atom. The first-order valence-corrected chi connectivity index (χ1v) is 5.45. The lowest BCUT2D eigenvalue weighted by Gasteiger charge is -2.03. The van der Waals surface area contributed by atoms with Gasteiger partial charge in [0.15, 0.2) is 16.6 Å². The van der Waals surface area contributed by atoms with E-state index in [1.807, 2.05) is 0 Å². The fraction of sp³-hybridized carbons (Fsp3) is 0.182. The first kappa shape index (κ1) is 12.5. The molecule has 0 fully saturated rings. The van der Waals surface area contributed by atoms with Crippen LogP contribution in [0.15, 0.2) is 28.9 Å². The molecule has 0 spiro atoms. The summed E-state index contributed by atoms with van der Waals surface area (Å²) < 4.78 is 9.77. The lowest BCUT2D eigenvalue weighted by atomic mass is 10.3. The van der Waals surface area contributed by atoms with Crippen LogP contribution >= 0.6 is 11.6 Å². The Labute approximate surface area is 108 Å². The zero-order valence-electron chi connectivity index (χ0n) is 9.51. The van der Waals surface area contributed by atoms with Gasteiger partial charge in [0.05, 0.1) is 5.69 Å². The molecular weight excluding hydrogens is 258 g/mol. The minimum absolute atomic E-state index is 0.155. The summed E-state index contributed by atoms with van der Waals surface area (Å²) in [6, 6.07) is 4.81. The van der Waals surface area contributed by atoms with Crippen LogP contribution in [0.3, 0.4) is 0 Å². The third-order valence-electron chi connectivity index (χ3n) is 2.09. The molecule has 0 unspecified atom stereocenters. The van der Waals surface area contributed by atoms with Gasteiger partial charge in [0.25, 0.3) is 5.91 Å². The fourth-order valence-corrected chi connectivity index (χ4v) is 1.46. The van der Waals surface area contributed by atoms with E-state index >= 15 is 0 Å². The Bertz CT molecular complexity index is 556. The van der Waals surface area contributed by atoms with Gasteiger partial charge in [-0.2, -0.15) is 0 Å². The smallest absolute Gasteiger partial charge is 0.277 e. The number of rotatable bonds is 4. The zero-order valence-corrected chi connectivity index (χ0v) is 10.3. The number of hydrogen-bond donors (Lipinski definition) is 1. The number of nitrogens with zero attached hydrogens (tertiary/aromatic N) is 2. The van der Waals surface area contributed by atoms with Crippen LogP contribution in [0.5, 0.6) is 0 Å². The molecule has 2 aromatic rings. The van der Waals surface area contributed by atoms with Crippen molar-refractivity contribution in [2.75, 3.05) is 12.4 Å². The fourth-order valence-electron chi connectivity index (χ4n) is 1.30. The van der Waals surface area contributed by atoms with Crippen molar-refractivity contribution >= 4 is 23.2 Å². The molecule has 7 heteroatoms. The van der Waals surface area contributed by atoms with Gasteiger partial charge in [0.2, 0.25) is 0 Å². The van der Waals surface area contributed by atoms with Gasteiger partial charge in [0.1, 0.15) is 6.61 Å². The number of aromatic nitrogens is 2. The Hall–Kier alpha value is -1.92. The van der Waals surface area contributed by atoms with Gasteiger partial charge in [-0.1, -0.05) is 16.8 Å². The van der Waals surface area contributed by atoms with E-state index in [2.05, 4.69) is 15.5 Å². The van der Waals surface area contributed by atoms with Crippen LogP contribution in [0.1, 0.15) is 16.2 Å². The number of hydrogen-bond acceptors (Lipinski definition) is 5. The number of carbonyl (C=O) groups is 1. The van der Waals surface area contributed by atoms with Gasteiger partial charge in [-0.05, 0) is 12.1 Å². The molecule has 0 aliphatic heterocycles. The molecule has 0 radical (unpaired) electrons. The van der Waals surface area contributed by atoms with Gasteiger partial charge < -0.3 is 14.6 Å². The minimum atomic E-state index is -0.420. The van der Waals surface area contributed by atoms with Crippen LogP contribution in [0.2, 0.25) is 5.15 Å². The van der Waals surface area contributed by atoms with E-state index in [1.165, 1.54) is 19.4 Å². The highest BCUT2D eigenvalue weighted by Crippen LogP contribution is 2.18. The molecule has 0 aliphatic rings. The Balaban J connectivity index is 2.10. The van der Waals surface area contributed by atoms with Gasteiger partial charge >= 0.3 is 0 Å². The number of carbonyl (C=O) groups excluding carboxylic acids is 1. The van der Waals surface area contributed by atoms with E-state index in [-0.39, 0.29) is 17.5 Å². The maximum atomic E-state index is 11.8. The molecule has 2 rings (SSSR count). The number of halogens is 1. The Morgan fingerprint density at radius 2 is 2.44 bits per heavy atom. The van der Waals surface area contributed by atoms with E-state index in [0.29, 0.717) is 11.4 Å². The molecule has 2 aromatic heterocycles. The largest absolute Gasteiger partial charge is 0.377 e. The average molecular weight is 268 g/mol. The number of anilines is 1. The first-order valence-electron chi connectivity index (χ1n) is 5.07. The Morgan fingerprint density at radius 3 is 3.17 bits per heavy atom. The summed E-state index contributed by atoms with van der Waals surface area (Å²) in [4.78, 5) is 15.7. The van der Waals surface area contributed by atoms with Crippen molar-refractivity contribution in [1.29, 1.82) is 0 Å². The molecule has 0 saturated carbocycles. The Kier molecular flexibility index (Phi) is 3.91. The standard InChI is InChI=1S/C11H10ClN3O3/c1-17-6-7-5-9(15-18-7)11(16)14-8-3-2-4-13-10(8)12/h2-5H,6H2,1H3,(H,14,16). The zero-order chi connectivity index (χ0) is 13.0. The van der Waals surface area contributed by atoms with Crippen molar-refractivity contribution < 1.29 is 14.1 Å². The van der Waals surface area contributed by atoms with Gasteiger partial charge in [-0.15, -0.1) is 0 Å². The molecule has 2 heterocycles. The maximum Gasteiger partial charge on any atom is 0.277 e. The van der Waals surface area contributed by atoms with Crippen LogP contribution < -0.4 is 5.32 Å². The molecular formula is C11H10ClN3O3. The van der Waals surface area contributed by atoms with Gasteiger partial charge in [-0.25, -0.2) is 4.98 Å². The third-order valence-corrected chi connectivity index (χ3v) is 2.39. The van der Waals surface area contributed by atoms with Crippen LogP contribution in [0, 0.1) is 0 Å². The van der Waals surface area contributed by atoms with Crippen LogP contribution in [0.25, 0.3) is 0 Å². The van der Waals surface area contributed by atoms with Crippen molar-refractivity contribution in [1.82, 2.24) is 10.1 Å². The molecule has 1 N–H and O–H groups in total. The van der Waals surface area contributed by atoms with E-state index in [0.717, 1.165) is 0 Å². The van der Waals surface area contributed by atoms with Gasteiger partial charge in [-0.3, -0.25) is 4.79 Å². The lowest BCUT2D eigenvalue weighted by Crippen LogP contribution is -2.12.